The van der Waals surface area contributed by atoms with E-state index in [1.54, 1.807) is 13.8 Å². The van der Waals surface area contributed by atoms with Crippen molar-refractivity contribution in [2.45, 2.75) is 143 Å². The minimum Gasteiger partial charge on any atom is -0.457 e. The first-order valence-electron chi connectivity index (χ1n) is 15.4. The fourth-order valence-corrected chi connectivity index (χ4v) is 12.4. The lowest BCUT2D eigenvalue weighted by Gasteiger charge is -2.63. The summed E-state index contributed by atoms with van der Waals surface area (Å²) in [7, 11) is 0. The molecule has 5 saturated carbocycles. The van der Waals surface area contributed by atoms with Gasteiger partial charge >= 0.3 is 5.97 Å². The number of hydrogen-bond donors (Lipinski definition) is 3. The van der Waals surface area contributed by atoms with Gasteiger partial charge in [-0.2, -0.15) is 0 Å². The lowest BCUT2D eigenvalue weighted by Crippen LogP contribution is -2.59. The molecule has 0 amide bonds. The normalized spacial score (nSPS) is 55.4. The van der Waals surface area contributed by atoms with Crippen LogP contribution >= 0.6 is 0 Å². The molecule has 1 unspecified atom stereocenters. The number of hydrogen-bond acceptors (Lipinski definition) is 6. The van der Waals surface area contributed by atoms with E-state index in [9.17, 15) is 20.1 Å². The van der Waals surface area contributed by atoms with Gasteiger partial charge in [0.2, 0.25) is 0 Å². The van der Waals surface area contributed by atoms with Crippen molar-refractivity contribution in [3.63, 3.8) is 0 Å². The number of aliphatic hydroxyl groups excluding tert-OH is 2. The van der Waals surface area contributed by atoms with Gasteiger partial charge in [0.15, 0.2) is 6.10 Å². The van der Waals surface area contributed by atoms with E-state index in [2.05, 4.69) is 34.6 Å². The zero-order chi connectivity index (χ0) is 27.8. The highest BCUT2D eigenvalue weighted by Gasteiger charge is 2.84. The molecule has 0 bridgehead atoms. The summed E-state index contributed by atoms with van der Waals surface area (Å²) in [5, 5.41) is 34.2. The van der Waals surface area contributed by atoms with Crippen LogP contribution < -0.4 is 0 Å². The van der Waals surface area contributed by atoms with Gasteiger partial charge in [-0.1, -0.05) is 34.6 Å². The molecule has 13 atom stereocenters. The van der Waals surface area contributed by atoms with Crippen LogP contribution in [0.2, 0.25) is 0 Å². The molecular formula is C32H52O6. The van der Waals surface area contributed by atoms with E-state index in [0.717, 1.165) is 32.1 Å². The number of fused-ring (bicyclic) bond motifs is 4. The van der Waals surface area contributed by atoms with E-state index in [1.165, 1.54) is 19.8 Å². The van der Waals surface area contributed by atoms with Crippen LogP contribution in [0, 0.1) is 50.7 Å². The molecule has 1 aliphatic heterocycles. The molecule has 6 fully saturated rings. The van der Waals surface area contributed by atoms with Crippen LogP contribution in [0.25, 0.3) is 0 Å². The highest BCUT2D eigenvalue weighted by atomic mass is 16.6. The second-order valence-electron chi connectivity index (χ2n) is 16.3. The van der Waals surface area contributed by atoms with Gasteiger partial charge in [0.25, 0.3) is 0 Å². The summed E-state index contributed by atoms with van der Waals surface area (Å²) in [6.45, 7) is 16.4. The molecule has 6 rings (SSSR count). The van der Waals surface area contributed by atoms with E-state index >= 15 is 0 Å². The number of ether oxygens (including phenoxy) is 2. The fraction of sp³-hybridized carbons (Fsp3) is 0.969. The van der Waals surface area contributed by atoms with Gasteiger partial charge in [0, 0.05) is 12.3 Å². The Morgan fingerprint density at radius 1 is 1.00 bits per heavy atom. The molecule has 5 aliphatic carbocycles. The lowest BCUT2D eigenvalue weighted by atomic mass is 9.41. The minimum absolute atomic E-state index is 0.0383. The summed E-state index contributed by atoms with van der Waals surface area (Å²) in [5.74, 6) is 1.09. The number of aliphatic hydroxyl groups is 3. The molecule has 6 heteroatoms. The molecule has 0 aromatic rings. The largest absolute Gasteiger partial charge is 0.457 e. The van der Waals surface area contributed by atoms with Gasteiger partial charge in [0.05, 0.1) is 30.0 Å². The molecule has 0 aromatic carbocycles. The van der Waals surface area contributed by atoms with Crippen LogP contribution in [0.5, 0.6) is 0 Å². The summed E-state index contributed by atoms with van der Waals surface area (Å²) in [6.07, 6.45) is 6.19. The van der Waals surface area contributed by atoms with Crippen molar-refractivity contribution in [3.05, 3.63) is 0 Å². The maximum Gasteiger partial charge on any atom is 0.303 e. The van der Waals surface area contributed by atoms with Gasteiger partial charge in [-0.3, -0.25) is 4.79 Å². The quantitative estimate of drug-likeness (QED) is 0.449. The Kier molecular flexibility index (Phi) is 5.77. The van der Waals surface area contributed by atoms with E-state index in [-0.39, 0.29) is 45.7 Å². The molecule has 38 heavy (non-hydrogen) atoms. The third kappa shape index (κ3) is 3.13. The van der Waals surface area contributed by atoms with Gasteiger partial charge in [-0.25, -0.2) is 0 Å². The molecule has 0 aromatic heterocycles. The second-order valence-corrected chi connectivity index (χ2v) is 16.3. The van der Waals surface area contributed by atoms with Crippen LogP contribution in [-0.4, -0.2) is 57.4 Å². The van der Waals surface area contributed by atoms with Gasteiger partial charge in [0.1, 0.15) is 0 Å². The standard InChI is InChI=1S/C32H52O6/c1-17-15-19(26(28(5,6)36)37-18(2)33)38-24-23(17)29(7)13-14-32-16-31(32)12-11-22(34)27(3,4)20(31)9-10-21(32)30(29,8)25(24)35/h17,19-26,34-36H,9-16H2,1-8H3/t17-,19-,20+,21+,22+,23+,24+,25+,26+,29-,30-,31-,32?/m1/s1. The van der Waals surface area contributed by atoms with E-state index in [0.29, 0.717) is 23.7 Å². The lowest BCUT2D eigenvalue weighted by molar-refractivity contribution is -0.216. The van der Waals surface area contributed by atoms with Crippen LogP contribution in [0.4, 0.5) is 0 Å². The third-order valence-corrected chi connectivity index (χ3v) is 14.1. The van der Waals surface area contributed by atoms with Crippen LogP contribution in [-0.2, 0) is 14.3 Å². The Morgan fingerprint density at radius 3 is 2.26 bits per heavy atom. The van der Waals surface area contributed by atoms with Crippen molar-refractivity contribution in [2.75, 3.05) is 0 Å². The predicted molar refractivity (Wildman–Crippen MR) is 144 cm³/mol. The molecule has 6 aliphatic rings. The van der Waals surface area contributed by atoms with Gasteiger partial charge < -0.3 is 24.8 Å². The topological polar surface area (TPSA) is 96.2 Å². The Morgan fingerprint density at radius 2 is 1.63 bits per heavy atom. The summed E-state index contributed by atoms with van der Waals surface area (Å²) < 4.78 is 12.4. The predicted octanol–water partition coefficient (Wildman–Crippen LogP) is 4.86. The first-order valence-corrected chi connectivity index (χ1v) is 15.4. The first-order chi connectivity index (χ1) is 17.5. The Labute approximate surface area is 229 Å². The molecule has 216 valence electrons. The molecular weight excluding hydrogens is 480 g/mol. The Bertz CT molecular complexity index is 1000. The van der Waals surface area contributed by atoms with Crippen molar-refractivity contribution in [1.82, 2.24) is 0 Å². The van der Waals surface area contributed by atoms with Crippen LogP contribution in [0.15, 0.2) is 0 Å². The summed E-state index contributed by atoms with van der Waals surface area (Å²) in [5.41, 5.74) is -1.01. The summed E-state index contributed by atoms with van der Waals surface area (Å²) in [4.78, 5) is 11.9. The molecule has 1 saturated heterocycles. The SMILES string of the molecule is CC(=O)O[C@@H]([C@H]1C[C@@H](C)[C@H]2[C@H](O1)[C@H](O)[C@@]1(C)[C@@H]3CC[C@H]4C(C)(C)[C@@H](O)CC[C@@]45CC35CC[C@]21C)C(C)(C)O. The Balaban J connectivity index is 1.35. The molecule has 0 radical (unpaired) electrons. The van der Waals surface area contributed by atoms with Gasteiger partial charge in [-0.15, -0.1) is 0 Å². The first kappa shape index (κ1) is 27.5. The Hall–Kier alpha value is -0.690. The van der Waals surface area contributed by atoms with Crippen molar-refractivity contribution in [1.29, 1.82) is 0 Å². The molecule has 2 spiro atoms. The second kappa shape index (κ2) is 7.98. The smallest absolute Gasteiger partial charge is 0.303 e. The van der Waals surface area contributed by atoms with Crippen LogP contribution in [0.1, 0.15) is 107 Å². The average Bonchev–Trinajstić information content (AvgIpc) is 3.44. The van der Waals surface area contributed by atoms with Crippen molar-refractivity contribution < 1.29 is 29.6 Å². The van der Waals surface area contributed by atoms with Crippen LogP contribution in [0.3, 0.4) is 0 Å². The maximum absolute atomic E-state index is 12.3. The summed E-state index contributed by atoms with van der Waals surface area (Å²) in [6, 6.07) is 0. The highest BCUT2D eigenvalue weighted by Crippen LogP contribution is 2.89. The van der Waals surface area contributed by atoms with E-state index in [4.69, 9.17) is 9.47 Å². The number of esters is 1. The minimum atomic E-state index is -1.24. The fourth-order valence-electron chi connectivity index (χ4n) is 12.4. The van der Waals surface area contributed by atoms with Gasteiger partial charge in [-0.05, 0) is 111 Å². The number of carbonyl (C=O) groups excluding carboxylic acids is 1. The van der Waals surface area contributed by atoms with Crippen molar-refractivity contribution in [2.24, 2.45) is 50.7 Å². The molecule has 1 heterocycles. The molecule has 6 nitrogen and oxygen atoms in total. The maximum atomic E-state index is 12.3. The van der Waals surface area contributed by atoms with E-state index in [1.807, 2.05) is 0 Å². The highest BCUT2D eigenvalue weighted by molar-refractivity contribution is 5.66. The average molecular weight is 533 g/mol. The van der Waals surface area contributed by atoms with Crippen molar-refractivity contribution >= 4 is 5.97 Å². The number of rotatable bonds is 3. The third-order valence-electron chi connectivity index (χ3n) is 14.1. The molecule has 3 N–H and O–H groups in total. The summed E-state index contributed by atoms with van der Waals surface area (Å²) >= 11 is 0. The van der Waals surface area contributed by atoms with Crippen molar-refractivity contribution in [3.8, 4) is 0 Å². The zero-order valence-electron chi connectivity index (χ0n) is 24.9. The zero-order valence-corrected chi connectivity index (χ0v) is 24.9. The number of carbonyl (C=O) groups is 1. The monoisotopic (exact) mass is 532 g/mol. The van der Waals surface area contributed by atoms with E-state index < -0.39 is 29.9 Å².